The van der Waals surface area contributed by atoms with Gasteiger partial charge in [0.25, 0.3) is 0 Å². The number of rotatable bonds is 7. The van der Waals surface area contributed by atoms with Gasteiger partial charge in [-0.1, -0.05) is 17.7 Å². The van der Waals surface area contributed by atoms with E-state index in [2.05, 4.69) is 0 Å². The third-order valence-corrected chi connectivity index (χ3v) is 5.33. The summed E-state index contributed by atoms with van der Waals surface area (Å²) in [6.07, 6.45) is 0. The van der Waals surface area contributed by atoms with Gasteiger partial charge in [0.15, 0.2) is 0 Å². The van der Waals surface area contributed by atoms with Crippen molar-refractivity contribution >= 4 is 10.0 Å². The van der Waals surface area contributed by atoms with E-state index in [0.717, 1.165) is 11.3 Å². The van der Waals surface area contributed by atoms with Crippen LogP contribution in [0.25, 0.3) is 0 Å². The molecule has 2 rings (SSSR count). The third-order valence-electron chi connectivity index (χ3n) is 3.46. The SMILES string of the molecule is COc1ccc(OCCN(C)S(=O)(=O)c2ccc(C)cc2)cc1. The van der Waals surface area contributed by atoms with Gasteiger partial charge in [-0.05, 0) is 43.3 Å². The zero-order valence-corrected chi connectivity index (χ0v) is 14.3. The maximum atomic E-state index is 12.4. The maximum Gasteiger partial charge on any atom is 0.242 e. The number of methoxy groups -OCH3 is 1. The second-order valence-corrected chi connectivity index (χ2v) is 7.21. The van der Waals surface area contributed by atoms with E-state index in [9.17, 15) is 8.42 Å². The number of sulfonamides is 1. The summed E-state index contributed by atoms with van der Waals surface area (Å²) in [7, 11) is -0.341. The summed E-state index contributed by atoms with van der Waals surface area (Å²) in [6.45, 7) is 2.46. The summed E-state index contributed by atoms with van der Waals surface area (Å²) in [5.41, 5.74) is 1.02. The van der Waals surface area contributed by atoms with Crippen molar-refractivity contribution in [2.24, 2.45) is 0 Å². The first-order chi connectivity index (χ1) is 10.9. The minimum atomic E-state index is -3.49. The fourth-order valence-corrected chi connectivity index (χ4v) is 3.13. The van der Waals surface area contributed by atoms with Gasteiger partial charge >= 0.3 is 0 Å². The largest absolute Gasteiger partial charge is 0.497 e. The molecule has 0 heterocycles. The first-order valence-electron chi connectivity index (χ1n) is 7.23. The minimum absolute atomic E-state index is 0.266. The van der Waals surface area contributed by atoms with Crippen LogP contribution in [0.4, 0.5) is 0 Å². The Labute approximate surface area is 137 Å². The van der Waals surface area contributed by atoms with Crippen molar-refractivity contribution in [3.8, 4) is 11.5 Å². The summed E-state index contributed by atoms with van der Waals surface area (Å²) in [4.78, 5) is 0.287. The van der Waals surface area contributed by atoms with Crippen LogP contribution in [0.1, 0.15) is 5.56 Å². The molecule has 0 saturated heterocycles. The van der Waals surface area contributed by atoms with Gasteiger partial charge in [-0.15, -0.1) is 0 Å². The van der Waals surface area contributed by atoms with Crippen LogP contribution >= 0.6 is 0 Å². The van der Waals surface area contributed by atoms with Crippen LogP contribution in [-0.4, -0.2) is 40.0 Å². The number of ether oxygens (including phenoxy) is 2. The van der Waals surface area contributed by atoms with E-state index in [1.165, 1.54) is 4.31 Å². The van der Waals surface area contributed by atoms with E-state index in [0.29, 0.717) is 5.75 Å². The molecule has 0 saturated carbocycles. The van der Waals surface area contributed by atoms with Gasteiger partial charge in [0.2, 0.25) is 10.0 Å². The van der Waals surface area contributed by atoms with E-state index < -0.39 is 10.0 Å². The summed E-state index contributed by atoms with van der Waals surface area (Å²) in [5.74, 6) is 1.42. The van der Waals surface area contributed by atoms with E-state index in [-0.39, 0.29) is 18.0 Å². The Balaban J connectivity index is 1.92. The summed E-state index contributed by atoms with van der Waals surface area (Å²) in [5, 5.41) is 0. The van der Waals surface area contributed by atoms with Crippen LogP contribution in [0.3, 0.4) is 0 Å². The second kappa shape index (κ2) is 7.48. The molecule has 0 unspecified atom stereocenters. The second-order valence-electron chi connectivity index (χ2n) is 5.16. The van der Waals surface area contributed by atoms with Crippen molar-refractivity contribution in [2.75, 3.05) is 27.3 Å². The Morgan fingerprint density at radius 1 is 0.957 bits per heavy atom. The number of benzene rings is 2. The van der Waals surface area contributed by atoms with Crippen LogP contribution in [0, 0.1) is 6.92 Å². The topological polar surface area (TPSA) is 55.8 Å². The lowest BCUT2D eigenvalue weighted by molar-refractivity contribution is 0.286. The molecule has 0 aromatic heterocycles. The van der Waals surface area contributed by atoms with Crippen molar-refractivity contribution in [3.63, 3.8) is 0 Å². The monoisotopic (exact) mass is 335 g/mol. The first-order valence-corrected chi connectivity index (χ1v) is 8.67. The number of hydrogen-bond donors (Lipinski definition) is 0. The lowest BCUT2D eigenvalue weighted by Gasteiger charge is -2.17. The lowest BCUT2D eigenvalue weighted by atomic mass is 10.2. The molecule has 0 amide bonds. The van der Waals surface area contributed by atoms with Crippen molar-refractivity contribution in [1.82, 2.24) is 4.31 Å². The molecule has 0 aliphatic rings. The highest BCUT2D eigenvalue weighted by Crippen LogP contribution is 2.18. The van der Waals surface area contributed by atoms with Crippen molar-refractivity contribution < 1.29 is 17.9 Å². The molecule has 0 bridgehead atoms. The van der Waals surface area contributed by atoms with Gasteiger partial charge in [0, 0.05) is 13.6 Å². The molecule has 0 radical (unpaired) electrons. The van der Waals surface area contributed by atoms with Gasteiger partial charge in [-0.25, -0.2) is 8.42 Å². The van der Waals surface area contributed by atoms with E-state index >= 15 is 0 Å². The number of likely N-dealkylation sites (N-methyl/N-ethyl adjacent to an activating group) is 1. The smallest absolute Gasteiger partial charge is 0.242 e. The maximum absolute atomic E-state index is 12.4. The number of aryl methyl sites for hydroxylation is 1. The van der Waals surface area contributed by atoms with Gasteiger partial charge in [0.1, 0.15) is 18.1 Å². The van der Waals surface area contributed by atoms with E-state index in [1.54, 1.807) is 62.7 Å². The zero-order chi connectivity index (χ0) is 16.9. The Morgan fingerprint density at radius 3 is 2.09 bits per heavy atom. The molecule has 6 heteroatoms. The highest BCUT2D eigenvalue weighted by atomic mass is 32.2. The summed E-state index contributed by atoms with van der Waals surface area (Å²) in [6, 6.07) is 14.0. The molecule has 5 nitrogen and oxygen atoms in total. The average molecular weight is 335 g/mol. The molecular weight excluding hydrogens is 314 g/mol. The third kappa shape index (κ3) is 4.46. The van der Waals surface area contributed by atoms with Gasteiger partial charge in [-0.2, -0.15) is 4.31 Å². The van der Waals surface area contributed by atoms with Gasteiger partial charge < -0.3 is 9.47 Å². The van der Waals surface area contributed by atoms with Crippen molar-refractivity contribution in [1.29, 1.82) is 0 Å². The summed E-state index contributed by atoms with van der Waals surface area (Å²) < 4.78 is 36.8. The number of nitrogens with zero attached hydrogens (tertiary/aromatic N) is 1. The standard InChI is InChI=1S/C17H21NO4S/c1-14-4-10-17(11-5-14)23(19,20)18(2)12-13-22-16-8-6-15(21-3)7-9-16/h4-11H,12-13H2,1-3H3. The fourth-order valence-electron chi connectivity index (χ4n) is 1.97. The van der Waals surface area contributed by atoms with Crippen LogP contribution in [0.15, 0.2) is 53.4 Å². The predicted molar refractivity (Wildman–Crippen MR) is 89.5 cm³/mol. The normalized spacial score (nSPS) is 11.5. The molecule has 2 aromatic rings. The lowest BCUT2D eigenvalue weighted by Crippen LogP contribution is -2.31. The quantitative estimate of drug-likeness (QED) is 0.781. The Morgan fingerprint density at radius 2 is 1.52 bits per heavy atom. The fraction of sp³-hybridized carbons (Fsp3) is 0.294. The molecule has 0 fully saturated rings. The van der Waals surface area contributed by atoms with Gasteiger partial charge in [0.05, 0.1) is 12.0 Å². The Kier molecular flexibility index (Phi) is 5.63. The van der Waals surface area contributed by atoms with Crippen LogP contribution in [-0.2, 0) is 10.0 Å². The molecular formula is C17H21NO4S. The molecule has 0 spiro atoms. The highest BCUT2D eigenvalue weighted by Gasteiger charge is 2.20. The first kappa shape index (κ1) is 17.3. The van der Waals surface area contributed by atoms with Crippen molar-refractivity contribution in [3.05, 3.63) is 54.1 Å². The Bertz CT molecular complexity index is 724. The van der Waals surface area contributed by atoms with Gasteiger partial charge in [-0.3, -0.25) is 0 Å². The molecule has 0 N–H and O–H groups in total. The average Bonchev–Trinajstić information content (AvgIpc) is 2.55. The molecule has 0 atom stereocenters. The molecule has 0 aliphatic carbocycles. The molecule has 2 aromatic carbocycles. The van der Waals surface area contributed by atoms with E-state index in [4.69, 9.17) is 9.47 Å². The van der Waals surface area contributed by atoms with Crippen LogP contribution in [0.2, 0.25) is 0 Å². The van der Waals surface area contributed by atoms with Crippen LogP contribution < -0.4 is 9.47 Å². The molecule has 0 aliphatic heterocycles. The molecule has 124 valence electrons. The zero-order valence-electron chi connectivity index (χ0n) is 13.5. The summed E-state index contributed by atoms with van der Waals surface area (Å²) >= 11 is 0. The highest BCUT2D eigenvalue weighted by molar-refractivity contribution is 7.89. The minimum Gasteiger partial charge on any atom is -0.497 e. The number of hydrogen-bond acceptors (Lipinski definition) is 4. The molecule has 23 heavy (non-hydrogen) atoms. The van der Waals surface area contributed by atoms with E-state index in [1.807, 2.05) is 6.92 Å². The van der Waals surface area contributed by atoms with Crippen LogP contribution in [0.5, 0.6) is 11.5 Å². The Hall–Kier alpha value is -2.05. The predicted octanol–water partition coefficient (Wildman–Crippen LogP) is 2.70. The van der Waals surface area contributed by atoms with Crippen molar-refractivity contribution in [2.45, 2.75) is 11.8 Å².